The molecule has 10 nitrogen and oxygen atoms in total. The molecule has 4 N–H and O–H groups in total. The highest BCUT2D eigenvalue weighted by molar-refractivity contribution is 5.84. The van der Waals surface area contributed by atoms with E-state index in [1.165, 1.54) is 17.0 Å². The van der Waals surface area contributed by atoms with Gasteiger partial charge in [-0.2, -0.15) is 5.10 Å². The largest absolute Gasteiger partial charge is 0.469 e. The van der Waals surface area contributed by atoms with Crippen molar-refractivity contribution < 1.29 is 9.66 Å². The number of guanidine groups is 1. The Labute approximate surface area is 131 Å². The van der Waals surface area contributed by atoms with E-state index in [2.05, 4.69) is 15.3 Å². The maximum Gasteiger partial charge on any atom is 0.390 e. The fraction of sp³-hybridized carbons (Fsp3) is 0.154. The second kappa shape index (κ2) is 7.02. The van der Waals surface area contributed by atoms with Gasteiger partial charge in [0.25, 0.3) is 0 Å². The molecule has 120 valence electrons. The first-order valence-corrected chi connectivity index (χ1v) is 6.50. The maximum absolute atomic E-state index is 10.7. The van der Waals surface area contributed by atoms with Gasteiger partial charge < -0.3 is 26.3 Å². The molecular weight excluding hydrogens is 302 g/mol. The number of hydrogen-bond acceptors (Lipinski definition) is 6. The molecule has 0 bridgehead atoms. The van der Waals surface area contributed by atoms with E-state index in [1.54, 1.807) is 31.2 Å². The average Bonchev–Trinajstić information content (AvgIpc) is 2.87. The number of rotatable bonds is 6. The zero-order chi connectivity index (χ0) is 16.8. The van der Waals surface area contributed by atoms with E-state index in [0.717, 1.165) is 0 Å². The minimum Gasteiger partial charge on any atom is -0.469 e. The lowest BCUT2D eigenvalue weighted by molar-refractivity contribution is -0.389. The van der Waals surface area contributed by atoms with E-state index in [4.69, 9.17) is 16.2 Å². The van der Waals surface area contributed by atoms with Gasteiger partial charge in [-0.25, -0.2) is 0 Å². The van der Waals surface area contributed by atoms with E-state index >= 15 is 0 Å². The van der Waals surface area contributed by atoms with E-state index < -0.39 is 4.92 Å². The molecule has 2 rings (SSSR count). The lowest BCUT2D eigenvalue weighted by atomic mass is 10.2. The average molecular weight is 317 g/mol. The highest BCUT2D eigenvalue weighted by Crippen LogP contribution is 2.17. The molecule has 1 heterocycles. The Morgan fingerprint density at radius 2 is 2.22 bits per heavy atom. The second-order valence-electron chi connectivity index (χ2n) is 4.48. The number of benzene rings is 1. The Kier molecular flexibility index (Phi) is 4.87. The Hall–Kier alpha value is -3.43. The first-order chi connectivity index (χ1) is 11.0. The van der Waals surface area contributed by atoms with Gasteiger partial charge in [0.2, 0.25) is 12.7 Å². The van der Waals surface area contributed by atoms with Crippen LogP contribution in [0.3, 0.4) is 0 Å². The lowest BCUT2D eigenvalue weighted by Crippen LogP contribution is -2.21. The zero-order valence-electron chi connectivity index (χ0n) is 12.3. The van der Waals surface area contributed by atoms with Gasteiger partial charge in [0.1, 0.15) is 5.75 Å². The molecule has 0 aliphatic carbocycles. The SMILES string of the molecule is Cc1cc([N+](=O)[O-])nn1COc1ccccc1C=NN=C(N)N. The molecule has 0 saturated heterocycles. The summed E-state index contributed by atoms with van der Waals surface area (Å²) in [6.07, 6.45) is 1.44. The van der Waals surface area contributed by atoms with Gasteiger partial charge in [0.05, 0.1) is 23.1 Å². The normalized spacial score (nSPS) is 10.7. The summed E-state index contributed by atoms with van der Waals surface area (Å²) in [5, 5.41) is 21.8. The first-order valence-electron chi connectivity index (χ1n) is 6.50. The molecule has 0 aliphatic heterocycles. The van der Waals surface area contributed by atoms with Gasteiger partial charge in [-0.1, -0.05) is 12.1 Å². The number of hydrogen-bond donors (Lipinski definition) is 2. The van der Waals surface area contributed by atoms with Crippen LogP contribution in [0.1, 0.15) is 11.3 Å². The van der Waals surface area contributed by atoms with Crippen LogP contribution >= 0.6 is 0 Å². The van der Waals surface area contributed by atoms with Gasteiger partial charge in [-0.15, -0.1) is 9.78 Å². The third kappa shape index (κ3) is 4.27. The zero-order valence-corrected chi connectivity index (χ0v) is 12.3. The van der Waals surface area contributed by atoms with Crippen LogP contribution in [0.15, 0.2) is 40.5 Å². The molecule has 0 saturated carbocycles. The minimum absolute atomic E-state index is 0.0207. The molecule has 0 aliphatic rings. The molecule has 1 aromatic carbocycles. The fourth-order valence-corrected chi connectivity index (χ4v) is 1.72. The molecule has 0 unspecified atom stereocenters. The second-order valence-corrected chi connectivity index (χ2v) is 4.48. The number of ether oxygens (including phenoxy) is 1. The summed E-state index contributed by atoms with van der Waals surface area (Å²) in [6.45, 7) is 1.72. The van der Waals surface area contributed by atoms with Crippen LogP contribution < -0.4 is 16.2 Å². The van der Waals surface area contributed by atoms with Gasteiger partial charge in [-0.3, -0.25) is 0 Å². The molecule has 0 spiro atoms. The quantitative estimate of drug-likeness (QED) is 0.347. The van der Waals surface area contributed by atoms with Gasteiger partial charge in [0, 0.05) is 5.56 Å². The Morgan fingerprint density at radius 3 is 2.87 bits per heavy atom. The molecule has 2 aromatic rings. The molecule has 0 amide bonds. The Bertz CT molecular complexity index is 763. The van der Waals surface area contributed by atoms with Crippen molar-refractivity contribution in [3.05, 3.63) is 51.7 Å². The van der Waals surface area contributed by atoms with Crippen molar-refractivity contribution in [1.29, 1.82) is 0 Å². The highest BCUT2D eigenvalue weighted by Gasteiger charge is 2.15. The topological polar surface area (TPSA) is 147 Å². The summed E-state index contributed by atoms with van der Waals surface area (Å²) >= 11 is 0. The Balaban J connectivity index is 2.13. The maximum atomic E-state index is 10.7. The van der Waals surface area contributed by atoms with Crippen molar-refractivity contribution in [2.75, 3.05) is 0 Å². The van der Waals surface area contributed by atoms with E-state index in [9.17, 15) is 10.1 Å². The monoisotopic (exact) mass is 317 g/mol. The van der Waals surface area contributed by atoms with E-state index in [0.29, 0.717) is 17.0 Å². The van der Waals surface area contributed by atoms with Crippen molar-refractivity contribution in [2.24, 2.45) is 21.7 Å². The number of aromatic nitrogens is 2. The third-order valence-electron chi connectivity index (χ3n) is 2.79. The van der Waals surface area contributed by atoms with Crippen molar-refractivity contribution in [1.82, 2.24) is 9.78 Å². The third-order valence-corrected chi connectivity index (χ3v) is 2.79. The summed E-state index contributed by atoms with van der Waals surface area (Å²) in [5.41, 5.74) is 11.6. The van der Waals surface area contributed by atoms with Crippen molar-refractivity contribution in [2.45, 2.75) is 13.7 Å². The van der Waals surface area contributed by atoms with Crippen molar-refractivity contribution >= 4 is 18.0 Å². The van der Waals surface area contributed by atoms with Crippen LogP contribution in [0, 0.1) is 17.0 Å². The molecule has 0 fully saturated rings. The summed E-state index contributed by atoms with van der Waals surface area (Å²) in [7, 11) is 0. The molecule has 0 atom stereocenters. The van der Waals surface area contributed by atoms with Gasteiger partial charge in [0.15, 0.2) is 0 Å². The Morgan fingerprint density at radius 1 is 1.48 bits per heavy atom. The van der Waals surface area contributed by atoms with Crippen molar-refractivity contribution in [3.8, 4) is 5.75 Å². The molecule has 1 aromatic heterocycles. The lowest BCUT2D eigenvalue weighted by Gasteiger charge is -2.07. The number of nitrogens with zero attached hydrogens (tertiary/aromatic N) is 5. The molecule has 10 heteroatoms. The van der Waals surface area contributed by atoms with Crippen LogP contribution in [0.2, 0.25) is 0 Å². The van der Waals surface area contributed by atoms with Crippen LogP contribution in [-0.2, 0) is 6.73 Å². The number of nitrogens with two attached hydrogens (primary N) is 2. The van der Waals surface area contributed by atoms with Crippen LogP contribution in [0.4, 0.5) is 5.82 Å². The first kappa shape index (κ1) is 15.9. The van der Waals surface area contributed by atoms with Crippen LogP contribution in [0.25, 0.3) is 0 Å². The summed E-state index contributed by atoms with van der Waals surface area (Å²) in [6, 6.07) is 8.44. The minimum atomic E-state index is -0.556. The molecular formula is C13H15N7O3. The van der Waals surface area contributed by atoms with Crippen LogP contribution in [0.5, 0.6) is 5.75 Å². The predicted octanol–water partition coefficient (Wildman–Crippen LogP) is 0.744. The number of aryl methyl sites for hydroxylation is 1. The molecule has 23 heavy (non-hydrogen) atoms. The number of para-hydroxylation sites is 1. The van der Waals surface area contributed by atoms with Crippen molar-refractivity contribution in [3.63, 3.8) is 0 Å². The summed E-state index contributed by atoms with van der Waals surface area (Å²) < 4.78 is 7.02. The highest BCUT2D eigenvalue weighted by atomic mass is 16.6. The van der Waals surface area contributed by atoms with E-state index in [-0.39, 0.29) is 18.5 Å². The summed E-state index contributed by atoms with van der Waals surface area (Å²) in [4.78, 5) is 10.2. The molecule has 0 radical (unpaired) electrons. The van der Waals surface area contributed by atoms with E-state index in [1.807, 2.05) is 0 Å². The smallest absolute Gasteiger partial charge is 0.390 e. The number of nitro groups is 1. The fourth-order valence-electron chi connectivity index (χ4n) is 1.72. The predicted molar refractivity (Wildman–Crippen MR) is 84.1 cm³/mol. The van der Waals surface area contributed by atoms with Gasteiger partial charge >= 0.3 is 5.82 Å². The standard InChI is InChI=1S/C13H15N7O3/c1-9-6-12(20(21)22)18-19(9)8-23-11-5-3-2-4-10(11)7-16-17-13(14)15/h2-7H,8H2,1H3,(H4,14,15,17). The van der Waals surface area contributed by atoms with Gasteiger partial charge in [-0.05, 0) is 24.0 Å². The summed E-state index contributed by atoms with van der Waals surface area (Å²) in [5.74, 6) is 0.132. The van der Waals surface area contributed by atoms with Crippen LogP contribution in [-0.4, -0.2) is 26.9 Å².